The number of morpholine rings is 1. The lowest BCUT2D eigenvalue weighted by atomic mass is 9.83. The fraction of sp³-hybridized carbons (Fsp3) is 0.632. The molecule has 1 aliphatic heterocycles. The van der Waals surface area contributed by atoms with Crippen LogP contribution >= 0.6 is 0 Å². The Balaban J connectivity index is 1.19. The zero-order valence-corrected chi connectivity index (χ0v) is 15.6. The van der Waals surface area contributed by atoms with Crippen LogP contribution in [0.25, 0.3) is 16.6 Å². The van der Waals surface area contributed by atoms with Crippen molar-refractivity contribution in [2.45, 2.75) is 37.6 Å². The van der Waals surface area contributed by atoms with Gasteiger partial charge in [-0.1, -0.05) is 5.21 Å². The molecule has 1 saturated heterocycles. The van der Waals surface area contributed by atoms with E-state index in [2.05, 4.69) is 36.6 Å². The highest BCUT2D eigenvalue weighted by Crippen LogP contribution is 2.35. The van der Waals surface area contributed by atoms with Crippen molar-refractivity contribution in [3.63, 3.8) is 0 Å². The van der Waals surface area contributed by atoms with Crippen molar-refractivity contribution in [1.82, 2.24) is 35.0 Å². The molecular weight excluding hydrogens is 342 g/mol. The van der Waals surface area contributed by atoms with Crippen molar-refractivity contribution in [2.75, 3.05) is 39.4 Å². The lowest BCUT2D eigenvalue weighted by molar-refractivity contribution is 0.0379. The van der Waals surface area contributed by atoms with Crippen molar-refractivity contribution in [3.05, 3.63) is 24.3 Å². The summed E-state index contributed by atoms with van der Waals surface area (Å²) in [7, 11) is 0. The monoisotopic (exact) mass is 369 g/mol. The zero-order valence-electron chi connectivity index (χ0n) is 15.6. The third kappa shape index (κ3) is 3.44. The average molecular weight is 369 g/mol. The molecule has 3 aromatic heterocycles. The first-order valence-electron chi connectivity index (χ1n) is 10.1. The molecule has 27 heavy (non-hydrogen) atoms. The molecule has 8 nitrogen and oxygen atoms in total. The second kappa shape index (κ2) is 7.53. The Labute approximate surface area is 158 Å². The first-order chi connectivity index (χ1) is 13.4. The van der Waals surface area contributed by atoms with Gasteiger partial charge in [-0.25, -0.2) is 9.50 Å². The van der Waals surface area contributed by atoms with E-state index >= 15 is 0 Å². The maximum Gasteiger partial charge on any atom is 0.141 e. The average Bonchev–Trinajstić information content (AvgIpc) is 3.36. The fourth-order valence-electron chi connectivity index (χ4n) is 4.52. The number of aromatic amines is 1. The van der Waals surface area contributed by atoms with E-state index in [0.717, 1.165) is 74.5 Å². The normalized spacial score (nSPS) is 24.7. The van der Waals surface area contributed by atoms with E-state index in [-0.39, 0.29) is 0 Å². The number of hydrogen-bond acceptors (Lipinski definition) is 6. The first-order valence-corrected chi connectivity index (χ1v) is 10.1. The fourth-order valence-corrected chi connectivity index (χ4v) is 4.52. The highest BCUT2D eigenvalue weighted by Gasteiger charge is 2.26. The van der Waals surface area contributed by atoms with Crippen LogP contribution in [0, 0.1) is 0 Å². The molecule has 2 aliphatic rings. The van der Waals surface area contributed by atoms with Gasteiger partial charge in [0.2, 0.25) is 0 Å². The van der Waals surface area contributed by atoms with Crippen LogP contribution in [0.1, 0.15) is 37.3 Å². The van der Waals surface area contributed by atoms with E-state index < -0.39 is 0 Å². The summed E-state index contributed by atoms with van der Waals surface area (Å²) in [5.41, 5.74) is 3.16. The highest BCUT2D eigenvalue weighted by atomic mass is 16.5. The van der Waals surface area contributed by atoms with Crippen molar-refractivity contribution in [3.8, 4) is 0 Å². The van der Waals surface area contributed by atoms with Gasteiger partial charge >= 0.3 is 0 Å². The molecule has 0 unspecified atom stereocenters. The lowest BCUT2D eigenvalue weighted by Gasteiger charge is -2.30. The molecule has 1 saturated carbocycles. The van der Waals surface area contributed by atoms with Gasteiger partial charge in [0.25, 0.3) is 0 Å². The van der Waals surface area contributed by atoms with Crippen LogP contribution in [0.4, 0.5) is 0 Å². The van der Waals surface area contributed by atoms with Gasteiger partial charge in [-0.05, 0) is 31.7 Å². The summed E-state index contributed by atoms with van der Waals surface area (Å²) >= 11 is 0. The summed E-state index contributed by atoms with van der Waals surface area (Å²) in [6.07, 6.45) is 8.42. The van der Waals surface area contributed by atoms with Gasteiger partial charge in [-0.15, -0.1) is 5.10 Å². The minimum atomic E-state index is 0.486. The summed E-state index contributed by atoms with van der Waals surface area (Å²) in [6.45, 7) is 6.08. The largest absolute Gasteiger partial charge is 0.379 e. The van der Waals surface area contributed by atoms with Crippen LogP contribution in [0.3, 0.4) is 0 Å². The Hall–Kier alpha value is -2.03. The molecule has 2 fully saturated rings. The predicted molar refractivity (Wildman–Crippen MR) is 103 cm³/mol. The molecule has 3 aromatic rings. The van der Waals surface area contributed by atoms with Gasteiger partial charge in [0.15, 0.2) is 0 Å². The van der Waals surface area contributed by atoms with E-state index in [9.17, 15) is 0 Å². The van der Waals surface area contributed by atoms with Gasteiger partial charge in [0.1, 0.15) is 17.5 Å². The Morgan fingerprint density at radius 3 is 2.89 bits per heavy atom. The number of nitrogens with zero attached hydrogens (tertiary/aromatic N) is 5. The van der Waals surface area contributed by atoms with E-state index in [1.807, 2.05) is 10.7 Å². The minimum absolute atomic E-state index is 0.486. The second-order valence-electron chi connectivity index (χ2n) is 7.71. The quantitative estimate of drug-likeness (QED) is 0.710. The lowest BCUT2D eigenvalue weighted by Crippen LogP contribution is -2.43. The molecule has 1 aliphatic carbocycles. The molecular formula is C19H27N7O. The topological polar surface area (TPSA) is 83.4 Å². The number of ether oxygens (including phenoxy) is 1. The Bertz CT molecular complexity index is 890. The molecule has 2 N–H and O–H groups in total. The molecule has 144 valence electrons. The third-order valence-corrected chi connectivity index (χ3v) is 6.08. The number of rotatable bonds is 5. The van der Waals surface area contributed by atoms with Crippen LogP contribution in [0.15, 0.2) is 18.6 Å². The van der Waals surface area contributed by atoms with Crippen molar-refractivity contribution in [2.24, 2.45) is 0 Å². The number of aromatic nitrogens is 5. The summed E-state index contributed by atoms with van der Waals surface area (Å²) in [6, 6.07) is 2.70. The van der Waals surface area contributed by atoms with Gasteiger partial charge in [-0.2, -0.15) is 0 Å². The molecule has 0 atom stereocenters. The summed E-state index contributed by atoms with van der Waals surface area (Å²) < 4.78 is 7.23. The highest BCUT2D eigenvalue weighted by molar-refractivity contribution is 5.92. The molecule has 0 aromatic carbocycles. The van der Waals surface area contributed by atoms with E-state index in [4.69, 9.17) is 4.74 Å². The molecule has 0 amide bonds. The molecule has 0 spiro atoms. The summed E-state index contributed by atoms with van der Waals surface area (Å²) in [5.74, 6) is 0.486. The molecule has 8 heteroatoms. The molecule has 0 radical (unpaired) electrons. The molecule has 5 rings (SSSR count). The Kier molecular flexibility index (Phi) is 4.77. The molecule has 0 bridgehead atoms. The minimum Gasteiger partial charge on any atom is -0.379 e. The summed E-state index contributed by atoms with van der Waals surface area (Å²) in [5, 5.41) is 13.7. The second-order valence-corrected chi connectivity index (χ2v) is 7.71. The van der Waals surface area contributed by atoms with Crippen molar-refractivity contribution < 1.29 is 4.74 Å². The van der Waals surface area contributed by atoms with Gasteiger partial charge in [-0.3, -0.25) is 4.90 Å². The SMILES string of the molecule is c1cc2c(ncn3nnc(C4CCC(NCCN5CCOCC5)CC4)c23)[nH]1. The first kappa shape index (κ1) is 17.1. The third-order valence-electron chi connectivity index (χ3n) is 6.08. The van der Waals surface area contributed by atoms with E-state index in [1.165, 1.54) is 12.8 Å². The maximum atomic E-state index is 5.41. The smallest absolute Gasteiger partial charge is 0.141 e. The van der Waals surface area contributed by atoms with E-state index in [0.29, 0.717) is 12.0 Å². The molecule has 4 heterocycles. The number of nitrogens with one attached hydrogen (secondary N) is 2. The van der Waals surface area contributed by atoms with Gasteiger partial charge in [0, 0.05) is 49.7 Å². The van der Waals surface area contributed by atoms with Crippen molar-refractivity contribution >= 4 is 16.6 Å². The summed E-state index contributed by atoms with van der Waals surface area (Å²) in [4.78, 5) is 10.1. The van der Waals surface area contributed by atoms with Crippen LogP contribution < -0.4 is 5.32 Å². The van der Waals surface area contributed by atoms with E-state index in [1.54, 1.807) is 6.33 Å². The zero-order chi connectivity index (χ0) is 18.1. The van der Waals surface area contributed by atoms with Gasteiger partial charge < -0.3 is 15.0 Å². The predicted octanol–water partition coefficient (Wildman–Crippen LogP) is 1.55. The van der Waals surface area contributed by atoms with Crippen LogP contribution in [0.2, 0.25) is 0 Å². The van der Waals surface area contributed by atoms with Gasteiger partial charge in [0.05, 0.1) is 18.9 Å². The standard InChI is InChI=1S/C19H27N7O/c1-3-15(20-7-8-25-9-11-27-12-10-25)4-2-14(1)17-18-16-5-6-21-19(16)22-13-26(18)24-23-17/h5-6,13-15,20-21H,1-4,7-12H2. The van der Waals surface area contributed by atoms with Crippen molar-refractivity contribution in [1.29, 1.82) is 0 Å². The van der Waals surface area contributed by atoms with Crippen LogP contribution in [0.5, 0.6) is 0 Å². The Morgan fingerprint density at radius 2 is 2.04 bits per heavy atom. The number of fused-ring (bicyclic) bond motifs is 3. The van der Waals surface area contributed by atoms with Crippen LogP contribution in [-0.4, -0.2) is 75.1 Å². The number of hydrogen-bond donors (Lipinski definition) is 2. The van der Waals surface area contributed by atoms with Crippen LogP contribution in [-0.2, 0) is 4.74 Å². The maximum absolute atomic E-state index is 5.41. The number of H-pyrrole nitrogens is 1. The Morgan fingerprint density at radius 1 is 1.19 bits per heavy atom.